The maximum Gasteiger partial charge on any atom is 0.251 e. The highest BCUT2D eigenvalue weighted by Gasteiger charge is 2.11. The minimum absolute atomic E-state index is 0.0594. The zero-order chi connectivity index (χ0) is 13.8. The van der Waals surface area contributed by atoms with Gasteiger partial charge in [-0.2, -0.15) is 0 Å². The summed E-state index contributed by atoms with van der Waals surface area (Å²) in [6.45, 7) is 1.86. The zero-order valence-corrected chi connectivity index (χ0v) is 11.1. The van der Waals surface area contributed by atoms with Crippen LogP contribution < -0.4 is 5.32 Å². The number of benzene rings is 1. The van der Waals surface area contributed by atoms with Crippen LogP contribution in [-0.2, 0) is 0 Å². The molecule has 1 N–H and O–H groups in total. The van der Waals surface area contributed by atoms with Crippen LogP contribution in [0.4, 0.5) is 4.39 Å². The average molecular weight is 277 g/mol. The van der Waals surface area contributed by atoms with E-state index in [1.165, 1.54) is 35.6 Å². The molecule has 0 bridgehead atoms. The van der Waals surface area contributed by atoms with Crippen molar-refractivity contribution in [2.45, 2.75) is 6.92 Å². The van der Waals surface area contributed by atoms with Crippen molar-refractivity contribution >= 4 is 23.0 Å². The molecule has 2 aromatic rings. The van der Waals surface area contributed by atoms with Gasteiger partial charge < -0.3 is 5.32 Å². The molecule has 1 aromatic carbocycles. The summed E-state index contributed by atoms with van der Waals surface area (Å²) in [6, 6.07) is 8.78. The maximum atomic E-state index is 12.7. The summed E-state index contributed by atoms with van der Waals surface area (Å²) in [7, 11) is 0. The smallest absolute Gasteiger partial charge is 0.251 e. The quantitative estimate of drug-likeness (QED) is 0.873. The number of amides is 1. The first-order valence-electron chi connectivity index (χ1n) is 5.69. The first kappa shape index (κ1) is 13.4. The van der Waals surface area contributed by atoms with Crippen molar-refractivity contribution in [2.75, 3.05) is 6.54 Å². The van der Waals surface area contributed by atoms with Crippen LogP contribution in [-0.4, -0.2) is 18.2 Å². The summed E-state index contributed by atoms with van der Waals surface area (Å²) in [5, 5.41) is 2.52. The Balaban J connectivity index is 1.93. The van der Waals surface area contributed by atoms with Crippen LogP contribution in [0.3, 0.4) is 0 Å². The molecular weight excluding hydrogens is 265 g/mol. The van der Waals surface area contributed by atoms with Gasteiger partial charge in [-0.3, -0.25) is 9.59 Å². The summed E-state index contributed by atoms with van der Waals surface area (Å²) in [6.07, 6.45) is 0. The maximum absolute atomic E-state index is 12.7. The number of halogens is 1. The van der Waals surface area contributed by atoms with Gasteiger partial charge in [0.1, 0.15) is 5.82 Å². The van der Waals surface area contributed by atoms with Crippen LogP contribution in [0.25, 0.3) is 0 Å². The monoisotopic (exact) mass is 277 g/mol. The van der Waals surface area contributed by atoms with Crippen molar-refractivity contribution in [1.29, 1.82) is 0 Å². The SMILES string of the molecule is Cc1ccc(C(=O)CNC(=O)c2ccc(F)cc2)s1. The Hall–Kier alpha value is -2.01. The normalized spacial score (nSPS) is 10.2. The van der Waals surface area contributed by atoms with Gasteiger partial charge in [-0.15, -0.1) is 11.3 Å². The van der Waals surface area contributed by atoms with E-state index in [2.05, 4.69) is 5.32 Å². The number of Topliss-reactive ketones (excluding diaryl/α,β-unsaturated/α-hetero) is 1. The van der Waals surface area contributed by atoms with Gasteiger partial charge in [0, 0.05) is 10.4 Å². The Morgan fingerprint density at radius 3 is 2.42 bits per heavy atom. The second kappa shape index (κ2) is 5.75. The van der Waals surface area contributed by atoms with Crippen molar-refractivity contribution < 1.29 is 14.0 Å². The van der Waals surface area contributed by atoms with E-state index in [-0.39, 0.29) is 18.2 Å². The number of aryl methyl sites for hydroxylation is 1. The van der Waals surface area contributed by atoms with E-state index in [1.807, 2.05) is 13.0 Å². The highest BCUT2D eigenvalue weighted by molar-refractivity contribution is 7.14. The van der Waals surface area contributed by atoms with Crippen LogP contribution in [0.2, 0.25) is 0 Å². The first-order chi connectivity index (χ1) is 9.06. The second-order valence-corrected chi connectivity index (χ2v) is 5.31. The summed E-state index contributed by atoms with van der Waals surface area (Å²) in [5.74, 6) is -0.920. The third-order valence-electron chi connectivity index (χ3n) is 2.53. The number of ketones is 1. The highest BCUT2D eigenvalue weighted by atomic mass is 32.1. The molecule has 0 saturated heterocycles. The molecule has 0 saturated carbocycles. The summed E-state index contributed by atoms with van der Waals surface area (Å²) < 4.78 is 12.7. The van der Waals surface area contributed by atoms with Gasteiger partial charge in [0.05, 0.1) is 11.4 Å². The molecule has 5 heteroatoms. The minimum Gasteiger partial charge on any atom is -0.345 e. The number of carbonyl (C=O) groups excluding carboxylic acids is 2. The third kappa shape index (κ3) is 3.48. The van der Waals surface area contributed by atoms with E-state index in [1.54, 1.807) is 6.07 Å². The van der Waals surface area contributed by atoms with Gasteiger partial charge in [-0.1, -0.05) is 0 Å². The van der Waals surface area contributed by atoms with Crippen LogP contribution in [0.1, 0.15) is 24.9 Å². The molecule has 0 unspecified atom stereocenters. The largest absolute Gasteiger partial charge is 0.345 e. The molecule has 3 nitrogen and oxygen atoms in total. The van der Waals surface area contributed by atoms with Crippen molar-refractivity contribution in [2.24, 2.45) is 0 Å². The lowest BCUT2D eigenvalue weighted by Crippen LogP contribution is -2.29. The van der Waals surface area contributed by atoms with Crippen LogP contribution in [0.15, 0.2) is 36.4 Å². The third-order valence-corrected chi connectivity index (χ3v) is 3.57. The molecule has 1 aromatic heterocycles. The summed E-state index contributed by atoms with van der Waals surface area (Å²) in [4.78, 5) is 25.2. The number of hydrogen-bond acceptors (Lipinski definition) is 3. The zero-order valence-electron chi connectivity index (χ0n) is 10.3. The first-order valence-corrected chi connectivity index (χ1v) is 6.51. The number of hydrogen-bond donors (Lipinski definition) is 1. The molecular formula is C14H12FNO2S. The fraction of sp³-hybridized carbons (Fsp3) is 0.143. The van der Waals surface area contributed by atoms with E-state index >= 15 is 0 Å². The van der Waals surface area contributed by atoms with Gasteiger partial charge in [-0.25, -0.2) is 4.39 Å². The van der Waals surface area contributed by atoms with Crippen molar-refractivity contribution in [3.8, 4) is 0 Å². The molecule has 0 aliphatic heterocycles. The minimum atomic E-state index is -0.401. The predicted molar refractivity (Wildman–Crippen MR) is 72.1 cm³/mol. The van der Waals surface area contributed by atoms with Gasteiger partial charge in [-0.05, 0) is 43.3 Å². The van der Waals surface area contributed by atoms with Crippen LogP contribution in [0.5, 0.6) is 0 Å². The molecule has 1 amide bonds. The Kier molecular flexibility index (Phi) is 4.06. The molecule has 0 fully saturated rings. The average Bonchev–Trinajstić information content (AvgIpc) is 2.83. The van der Waals surface area contributed by atoms with Gasteiger partial charge >= 0.3 is 0 Å². The van der Waals surface area contributed by atoms with Crippen LogP contribution >= 0.6 is 11.3 Å². The van der Waals surface area contributed by atoms with Crippen molar-refractivity contribution in [1.82, 2.24) is 5.32 Å². The Labute approximate surface area is 114 Å². The lowest BCUT2D eigenvalue weighted by atomic mass is 10.2. The lowest BCUT2D eigenvalue weighted by Gasteiger charge is -2.03. The van der Waals surface area contributed by atoms with E-state index in [4.69, 9.17) is 0 Å². The van der Waals surface area contributed by atoms with Crippen molar-refractivity contribution in [3.63, 3.8) is 0 Å². The van der Waals surface area contributed by atoms with E-state index < -0.39 is 5.82 Å². The number of thiophene rings is 1. The summed E-state index contributed by atoms with van der Waals surface area (Å²) in [5.41, 5.74) is 0.330. The molecule has 2 rings (SSSR count). The Morgan fingerprint density at radius 2 is 1.84 bits per heavy atom. The molecule has 98 valence electrons. The fourth-order valence-corrected chi connectivity index (χ4v) is 2.34. The molecule has 0 radical (unpaired) electrons. The molecule has 19 heavy (non-hydrogen) atoms. The van der Waals surface area contributed by atoms with E-state index in [9.17, 15) is 14.0 Å². The Morgan fingerprint density at radius 1 is 1.16 bits per heavy atom. The predicted octanol–water partition coefficient (Wildman–Crippen LogP) is 2.81. The second-order valence-electron chi connectivity index (χ2n) is 4.02. The van der Waals surface area contributed by atoms with Crippen molar-refractivity contribution in [3.05, 3.63) is 57.5 Å². The van der Waals surface area contributed by atoms with E-state index in [0.29, 0.717) is 10.4 Å². The number of carbonyl (C=O) groups is 2. The van der Waals surface area contributed by atoms with Crippen LogP contribution in [0, 0.1) is 12.7 Å². The standard InChI is InChI=1S/C14H12FNO2S/c1-9-2-7-13(19-9)12(17)8-16-14(18)10-3-5-11(15)6-4-10/h2-7H,8H2,1H3,(H,16,18). The number of nitrogens with one attached hydrogen (secondary N) is 1. The molecule has 0 aliphatic carbocycles. The van der Waals surface area contributed by atoms with Gasteiger partial charge in [0.2, 0.25) is 0 Å². The number of rotatable bonds is 4. The topological polar surface area (TPSA) is 46.2 Å². The fourth-order valence-electron chi connectivity index (χ4n) is 1.54. The highest BCUT2D eigenvalue weighted by Crippen LogP contribution is 2.15. The van der Waals surface area contributed by atoms with Gasteiger partial charge in [0.15, 0.2) is 5.78 Å². The summed E-state index contributed by atoms with van der Waals surface area (Å²) >= 11 is 1.39. The van der Waals surface area contributed by atoms with E-state index in [0.717, 1.165) is 4.88 Å². The molecule has 0 atom stereocenters. The molecule has 0 spiro atoms. The Bertz CT molecular complexity index is 604. The molecule has 0 aliphatic rings. The lowest BCUT2D eigenvalue weighted by molar-refractivity contribution is 0.0905. The van der Waals surface area contributed by atoms with Gasteiger partial charge in [0.25, 0.3) is 5.91 Å². The molecule has 1 heterocycles.